The Labute approximate surface area is 128 Å². The third-order valence-corrected chi connectivity index (χ3v) is 2.96. The second-order valence-electron chi connectivity index (χ2n) is 4.49. The number of benzene rings is 1. The Hall–Kier alpha value is -2.79. The molecule has 0 atom stereocenters. The van der Waals surface area contributed by atoms with Gasteiger partial charge < -0.3 is 19.4 Å². The zero-order valence-corrected chi connectivity index (χ0v) is 12.3. The van der Waals surface area contributed by atoms with Crippen molar-refractivity contribution in [2.45, 2.75) is 6.54 Å². The maximum atomic E-state index is 11.8. The van der Waals surface area contributed by atoms with Crippen LogP contribution in [0.2, 0.25) is 0 Å². The lowest BCUT2D eigenvalue weighted by molar-refractivity contribution is 0.0996. The number of hydrogen-bond acceptors (Lipinski definition) is 3. The fourth-order valence-electron chi connectivity index (χ4n) is 2.01. The zero-order chi connectivity index (χ0) is 15.8. The Bertz CT molecular complexity index is 688. The SMILES string of the molecule is CO.O=C(Nc1ccn(Cc2ccccc2)c1)c1ccco1. The minimum absolute atomic E-state index is 0.243. The van der Waals surface area contributed by atoms with Gasteiger partial charge in [-0.15, -0.1) is 0 Å². The molecule has 0 saturated heterocycles. The summed E-state index contributed by atoms with van der Waals surface area (Å²) in [6.45, 7) is 0.775. The van der Waals surface area contributed by atoms with Crippen LogP contribution < -0.4 is 5.32 Å². The summed E-state index contributed by atoms with van der Waals surface area (Å²) in [6.07, 6.45) is 5.31. The molecule has 0 aliphatic heterocycles. The fourth-order valence-corrected chi connectivity index (χ4v) is 2.01. The maximum Gasteiger partial charge on any atom is 0.291 e. The van der Waals surface area contributed by atoms with Crippen molar-refractivity contribution in [3.05, 3.63) is 78.5 Å². The van der Waals surface area contributed by atoms with E-state index in [1.54, 1.807) is 12.1 Å². The summed E-state index contributed by atoms with van der Waals surface area (Å²) in [5.41, 5.74) is 1.97. The quantitative estimate of drug-likeness (QED) is 0.778. The van der Waals surface area contributed by atoms with Gasteiger partial charge in [0, 0.05) is 26.0 Å². The van der Waals surface area contributed by atoms with E-state index in [4.69, 9.17) is 9.52 Å². The summed E-state index contributed by atoms with van der Waals surface area (Å²) in [6, 6.07) is 15.3. The average molecular weight is 298 g/mol. The first-order chi connectivity index (χ1) is 10.8. The van der Waals surface area contributed by atoms with Crippen LogP contribution in [0.3, 0.4) is 0 Å². The van der Waals surface area contributed by atoms with E-state index < -0.39 is 0 Å². The lowest BCUT2D eigenvalue weighted by atomic mass is 10.2. The molecule has 1 amide bonds. The summed E-state index contributed by atoms with van der Waals surface area (Å²) in [4.78, 5) is 11.8. The van der Waals surface area contributed by atoms with Gasteiger partial charge in [0.05, 0.1) is 12.0 Å². The molecule has 0 aliphatic carbocycles. The Kier molecular flexibility index (Phi) is 5.57. The molecule has 0 fully saturated rings. The van der Waals surface area contributed by atoms with E-state index in [1.807, 2.05) is 41.2 Å². The van der Waals surface area contributed by atoms with Gasteiger partial charge in [-0.3, -0.25) is 4.79 Å². The normalized spacial score (nSPS) is 9.73. The van der Waals surface area contributed by atoms with E-state index in [9.17, 15) is 4.79 Å². The Morgan fingerprint density at radius 2 is 1.91 bits per heavy atom. The molecule has 2 aromatic heterocycles. The number of aromatic nitrogens is 1. The van der Waals surface area contributed by atoms with Crippen LogP contribution in [0.4, 0.5) is 5.69 Å². The minimum atomic E-state index is -0.243. The number of anilines is 1. The van der Waals surface area contributed by atoms with Gasteiger partial charge in [-0.2, -0.15) is 0 Å². The van der Waals surface area contributed by atoms with Crippen molar-refractivity contribution in [3.8, 4) is 0 Å². The van der Waals surface area contributed by atoms with E-state index in [0.717, 1.165) is 19.3 Å². The third kappa shape index (κ3) is 4.10. The van der Waals surface area contributed by atoms with Crippen molar-refractivity contribution in [1.82, 2.24) is 4.57 Å². The van der Waals surface area contributed by atoms with Crippen molar-refractivity contribution in [1.29, 1.82) is 0 Å². The number of furan rings is 1. The van der Waals surface area contributed by atoms with Crippen LogP contribution in [0.5, 0.6) is 0 Å². The van der Waals surface area contributed by atoms with Crippen molar-refractivity contribution < 1.29 is 14.3 Å². The lowest BCUT2D eigenvalue weighted by Gasteiger charge is -2.03. The van der Waals surface area contributed by atoms with Gasteiger partial charge in [-0.25, -0.2) is 0 Å². The molecule has 114 valence electrons. The van der Waals surface area contributed by atoms with E-state index in [2.05, 4.69) is 17.4 Å². The summed E-state index contributed by atoms with van der Waals surface area (Å²) in [5, 5.41) is 9.80. The highest BCUT2D eigenvalue weighted by molar-refractivity contribution is 6.02. The molecule has 2 N–H and O–H groups in total. The molecule has 0 radical (unpaired) electrons. The molecule has 5 heteroatoms. The molecule has 22 heavy (non-hydrogen) atoms. The third-order valence-electron chi connectivity index (χ3n) is 2.96. The molecule has 3 rings (SSSR count). The number of aliphatic hydroxyl groups is 1. The fraction of sp³-hybridized carbons (Fsp3) is 0.118. The summed E-state index contributed by atoms with van der Waals surface area (Å²) < 4.78 is 7.07. The molecule has 0 unspecified atom stereocenters. The second kappa shape index (κ2) is 7.85. The van der Waals surface area contributed by atoms with Crippen molar-refractivity contribution in [2.24, 2.45) is 0 Å². The second-order valence-corrected chi connectivity index (χ2v) is 4.49. The standard InChI is InChI=1S/C16H14N2O2.CH4O/c19-16(15-7-4-10-20-15)17-14-8-9-18(12-14)11-13-5-2-1-3-6-13;1-2/h1-10,12H,11H2,(H,17,19);2H,1H3. The summed E-state index contributed by atoms with van der Waals surface area (Å²) in [5.74, 6) is 0.0632. The minimum Gasteiger partial charge on any atom is -0.459 e. The molecular weight excluding hydrogens is 280 g/mol. The topological polar surface area (TPSA) is 67.4 Å². The summed E-state index contributed by atoms with van der Waals surface area (Å²) >= 11 is 0. The van der Waals surface area contributed by atoms with Crippen LogP contribution in [-0.2, 0) is 6.54 Å². The number of amides is 1. The largest absolute Gasteiger partial charge is 0.459 e. The van der Waals surface area contributed by atoms with E-state index in [1.165, 1.54) is 11.8 Å². The van der Waals surface area contributed by atoms with Crippen LogP contribution in [0.15, 0.2) is 71.6 Å². The van der Waals surface area contributed by atoms with Gasteiger partial charge in [0.15, 0.2) is 5.76 Å². The van der Waals surface area contributed by atoms with Crippen molar-refractivity contribution in [3.63, 3.8) is 0 Å². The number of carbonyl (C=O) groups excluding carboxylic acids is 1. The Balaban J connectivity index is 0.000000847. The van der Waals surface area contributed by atoms with E-state index >= 15 is 0 Å². The molecule has 2 heterocycles. The summed E-state index contributed by atoms with van der Waals surface area (Å²) in [7, 11) is 1.00. The monoisotopic (exact) mass is 298 g/mol. The number of nitrogens with one attached hydrogen (secondary N) is 1. The van der Waals surface area contributed by atoms with Gasteiger partial charge in [0.1, 0.15) is 0 Å². The van der Waals surface area contributed by atoms with Crippen LogP contribution in [0.1, 0.15) is 16.1 Å². The molecular formula is C17H18N2O3. The Morgan fingerprint density at radius 3 is 2.59 bits per heavy atom. The molecule has 0 saturated carbocycles. The number of carbonyl (C=O) groups is 1. The first-order valence-electron chi connectivity index (χ1n) is 6.80. The average Bonchev–Trinajstić information content (AvgIpc) is 3.22. The van der Waals surface area contributed by atoms with Crippen LogP contribution in [0, 0.1) is 0 Å². The van der Waals surface area contributed by atoms with Gasteiger partial charge in [-0.1, -0.05) is 30.3 Å². The van der Waals surface area contributed by atoms with Crippen LogP contribution in [0.25, 0.3) is 0 Å². The van der Waals surface area contributed by atoms with Gasteiger partial charge in [-0.05, 0) is 23.8 Å². The maximum absolute atomic E-state index is 11.8. The number of aliphatic hydroxyl groups excluding tert-OH is 1. The highest BCUT2D eigenvalue weighted by Crippen LogP contribution is 2.12. The molecule has 0 bridgehead atoms. The highest BCUT2D eigenvalue weighted by atomic mass is 16.3. The van der Waals surface area contributed by atoms with Gasteiger partial charge in [0.25, 0.3) is 5.91 Å². The van der Waals surface area contributed by atoms with Gasteiger partial charge in [0.2, 0.25) is 0 Å². The molecule has 1 aromatic carbocycles. The van der Waals surface area contributed by atoms with Crippen molar-refractivity contribution >= 4 is 11.6 Å². The van der Waals surface area contributed by atoms with E-state index in [-0.39, 0.29) is 5.91 Å². The van der Waals surface area contributed by atoms with E-state index in [0.29, 0.717) is 5.76 Å². The number of nitrogens with zero attached hydrogens (tertiary/aromatic N) is 1. The van der Waals surface area contributed by atoms with Gasteiger partial charge >= 0.3 is 0 Å². The number of hydrogen-bond donors (Lipinski definition) is 2. The molecule has 3 aromatic rings. The van der Waals surface area contributed by atoms with Crippen molar-refractivity contribution in [2.75, 3.05) is 12.4 Å². The number of rotatable bonds is 4. The van der Waals surface area contributed by atoms with Crippen LogP contribution in [-0.4, -0.2) is 22.7 Å². The predicted octanol–water partition coefficient (Wildman–Crippen LogP) is 2.99. The smallest absolute Gasteiger partial charge is 0.291 e. The zero-order valence-electron chi connectivity index (χ0n) is 12.3. The Morgan fingerprint density at radius 1 is 1.14 bits per heavy atom. The predicted molar refractivity (Wildman–Crippen MR) is 84.8 cm³/mol. The molecule has 5 nitrogen and oxygen atoms in total. The molecule has 0 spiro atoms. The first kappa shape index (κ1) is 15.6. The highest BCUT2D eigenvalue weighted by Gasteiger charge is 2.09. The lowest BCUT2D eigenvalue weighted by Crippen LogP contribution is -2.10. The first-order valence-corrected chi connectivity index (χ1v) is 6.80. The molecule has 0 aliphatic rings. The van der Waals surface area contributed by atoms with Crippen LogP contribution >= 0.6 is 0 Å².